The Morgan fingerprint density at radius 1 is 1.27 bits per heavy atom. The lowest BCUT2D eigenvalue weighted by Crippen LogP contribution is -2.39. The van der Waals surface area contributed by atoms with Gasteiger partial charge in [-0.15, -0.1) is 0 Å². The minimum absolute atomic E-state index is 0.0511. The van der Waals surface area contributed by atoms with Crippen molar-refractivity contribution in [2.24, 2.45) is 0 Å². The molecule has 1 heterocycles. The Labute approximate surface area is 148 Å². The van der Waals surface area contributed by atoms with Crippen LogP contribution in [0.15, 0.2) is 30.5 Å². The van der Waals surface area contributed by atoms with Gasteiger partial charge in [-0.2, -0.15) is 18.3 Å². The molecule has 1 aromatic heterocycles. The maximum atomic E-state index is 12.9. The molecule has 0 saturated heterocycles. The molecule has 2 amide bonds. The summed E-state index contributed by atoms with van der Waals surface area (Å²) in [6.45, 7) is 4.95. The highest BCUT2D eigenvalue weighted by Crippen LogP contribution is 2.30. The number of hydrogen-bond acceptors (Lipinski definition) is 3. The number of halogens is 3. The Morgan fingerprint density at radius 3 is 2.58 bits per heavy atom. The number of carbonyl (C=O) groups is 2. The molecule has 2 rings (SSSR count). The van der Waals surface area contributed by atoms with Crippen LogP contribution in [0.25, 0.3) is 5.69 Å². The third-order valence-corrected chi connectivity index (χ3v) is 3.53. The Bertz CT molecular complexity index is 813. The number of hydrogen-bond donors (Lipinski definition) is 2. The summed E-state index contributed by atoms with van der Waals surface area (Å²) in [6, 6.07) is 4.60. The van der Waals surface area contributed by atoms with Crippen molar-refractivity contribution in [3.63, 3.8) is 0 Å². The predicted octanol–water partition coefficient (Wildman–Crippen LogP) is 2.45. The Balaban J connectivity index is 2.17. The molecule has 1 aromatic carbocycles. The molecule has 0 aliphatic heterocycles. The van der Waals surface area contributed by atoms with Crippen LogP contribution >= 0.6 is 0 Å². The molecule has 0 aliphatic carbocycles. The van der Waals surface area contributed by atoms with E-state index in [1.165, 1.54) is 23.0 Å². The zero-order chi connectivity index (χ0) is 19.5. The van der Waals surface area contributed by atoms with Crippen molar-refractivity contribution in [1.29, 1.82) is 0 Å². The first-order valence-corrected chi connectivity index (χ1v) is 7.89. The van der Waals surface area contributed by atoms with E-state index in [9.17, 15) is 22.8 Å². The van der Waals surface area contributed by atoms with E-state index in [4.69, 9.17) is 0 Å². The topological polar surface area (TPSA) is 76.0 Å². The maximum Gasteiger partial charge on any atom is 0.416 e. The van der Waals surface area contributed by atoms with E-state index in [1.54, 1.807) is 20.8 Å². The molecule has 0 bridgehead atoms. The summed E-state index contributed by atoms with van der Waals surface area (Å²) in [5, 5.41) is 9.09. The standard InChI is InChI=1S/C17H19F3N4O2/c1-10(2)23-15(25)9-21-16(26)14-8-22-24(11(14)3)13-6-4-5-12(7-13)17(18,19)20/h4-8,10H,9H2,1-3H3,(H,21,26)(H,23,25). The monoisotopic (exact) mass is 368 g/mol. The summed E-state index contributed by atoms with van der Waals surface area (Å²) in [5.41, 5.74) is -0.0685. The molecule has 2 aromatic rings. The molecule has 6 nitrogen and oxygen atoms in total. The minimum Gasteiger partial charge on any atom is -0.352 e. The van der Waals surface area contributed by atoms with Gasteiger partial charge in [-0.25, -0.2) is 4.68 Å². The van der Waals surface area contributed by atoms with Crippen LogP contribution in [0, 0.1) is 6.92 Å². The molecule has 0 fully saturated rings. The normalized spacial score (nSPS) is 11.5. The average Bonchev–Trinajstić information content (AvgIpc) is 2.93. The van der Waals surface area contributed by atoms with Crippen LogP contribution < -0.4 is 10.6 Å². The number of carbonyl (C=O) groups excluding carboxylic acids is 2. The van der Waals surface area contributed by atoms with Gasteiger partial charge in [-0.05, 0) is 39.0 Å². The highest BCUT2D eigenvalue weighted by Gasteiger charge is 2.30. The highest BCUT2D eigenvalue weighted by molar-refractivity contribution is 5.97. The quantitative estimate of drug-likeness (QED) is 0.851. The van der Waals surface area contributed by atoms with E-state index in [1.807, 2.05) is 0 Å². The first kappa shape index (κ1) is 19.5. The van der Waals surface area contributed by atoms with Gasteiger partial charge in [0.2, 0.25) is 5.91 Å². The largest absolute Gasteiger partial charge is 0.416 e. The van der Waals surface area contributed by atoms with Gasteiger partial charge in [0.05, 0.1) is 35.2 Å². The molecule has 9 heteroatoms. The average molecular weight is 368 g/mol. The molecule has 0 unspecified atom stereocenters. The molecular formula is C17H19F3N4O2. The number of nitrogens with one attached hydrogen (secondary N) is 2. The molecule has 0 radical (unpaired) electrons. The molecule has 0 aliphatic rings. The molecule has 0 atom stereocenters. The first-order valence-electron chi connectivity index (χ1n) is 7.89. The summed E-state index contributed by atoms with van der Waals surface area (Å²) < 4.78 is 39.8. The van der Waals surface area contributed by atoms with Gasteiger partial charge in [-0.1, -0.05) is 6.07 Å². The maximum absolute atomic E-state index is 12.9. The molecule has 140 valence electrons. The van der Waals surface area contributed by atoms with Crippen LogP contribution in [0.4, 0.5) is 13.2 Å². The van der Waals surface area contributed by atoms with E-state index in [-0.39, 0.29) is 29.7 Å². The van der Waals surface area contributed by atoms with Crippen LogP contribution in [0.3, 0.4) is 0 Å². The van der Waals surface area contributed by atoms with Crippen molar-refractivity contribution in [1.82, 2.24) is 20.4 Å². The van der Waals surface area contributed by atoms with Crippen molar-refractivity contribution in [2.45, 2.75) is 33.0 Å². The first-order chi connectivity index (χ1) is 12.1. The van der Waals surface area contributed by atoms with E-state index in [0.717, 1.165) is 12.1 Å². The Hall–Kier alpha value is -2.84. The Kier molecular flexibility index (Phi) is 5.69. The van der Waals surface area contributed by atoms with Gasteiger partial charge in [-0.3, -0.25) is 9.59 Å². The SMILES string of the molecule is Cc1c(C(=O)NCC(=O)NC(C)C)cnn1-c1cccc(C(F)(F)F)c1. The van der Waals surface area contributed by atoms with Crippen LogP contribution in [0.2, 0.25) is 0 Å². The summed E-state index contributed by atoms with van der Waals surface area (Å²) in [4.78, 5) is 23.8. The second-order valence-corrected chi connectivity index (χ2v) is 6.01. The molecular weight excluding hydrogens is 349 g/mol. The molecule has 26 heavy (non-hydrogen) atoms. The van der Waals surface area contributed by atoms with Crippen LogP contribution in [0.1, 0.15) is 35.5 Å². The lowest BCUT2D eigenvalue weighted by molar-refractivity contribution is -0.137. The van der Waals surface area contributed by atoms with Gasteiger partial charge >= 0.3 is 6.18 Å². The second-order valence-electron chi connectivity index (χ2n) is 6.01. The fourth-order valence-electron chi connectivity index (χ4n) is 2.34. The van der Waals surface area contributed by atoms with Gasteiger partial charge < -0.3 is 10.6 Å². The van der Waals surface area contributed by atoms with Crippen molar-refractivity contribution in [2.75, 3.05) is 6.54 Å². The Morgan fingerprint density at radius 2 is 1.96 bits per heavy atom. The molecule has 0 spiro atoms. The summed E-state index contributed by atoms with van der Waals surface area (Å²) in [6.07, 6.45) is -3.22. The van der Waals surface area contributed by atoms with Gasteiger partial charge in [0.25, 0.3) is 5.91 Å². The summed E-state index contributed by atoms with van der Waals surface area (Å²) in [7, 11) is 0. The number of rotatable bonds is 5. The number of nitrogens with zero attached hydrogens (tertiary/aromatic N) is 2. The summed E-state index contributed by atoms with van der Waals surface area (Å²) >= 11 is 0. The third kappa shape index (κ3) is 4.62. The van der Waals surface area contributed by atoms with Gasteiger partial charge in [0, 0.05) is 6.04 Å². The lowest BCUT2D eigenvalue weighted by Gasteiger charge is -2.11. The number of aromatic nitrogens is 2. The summed E-state index contributed by atoms with van der Waals surface area (Å²) in [5.74, 6) is -0.865. The van der Waals surface area contributed by atoms with Crippen LogP contribution in [-0.4, -0.2) is 34.2 Å². The van der Waals surface area contributed by atoms with Crippen LogP contribution in [0.5, 0.6) is 0 Å². The predicted molar refractivity (Wildman–Crippen MR) is 88.9 cm³/mol. The fraction of sp³-hybridized carbons (Fsp3) is 0.353. The van der Waals surface area contributed by atoms with Crippen molar-refractivity contribution < 1.29 is 22.8 Å². The van der Waals surface area contributed by atoms with Crippen molar-refractivity contribution in [3.05, 3.63) is 47.3 Å². The minimum atomic E-state index is -4.47. The van der Waals surface area contributed by atoms with Gasteiger partial charge in [0.1, 0.15) is 0 Å². The van der Waals surface area contributed by atoms with Crippen molar-refractivity contribution >= 4 is 11.8 Å². The lowest BCUT2D eigenvalue weighted by atomic mass is 10.2. The number of alkyl halides is 3. The van der Waals surface area contributed by atoms with Crippen LogP contribution in [-0.2, 0) is 11.0 Å². The van der Waals surface area contributed by atoms with Gasteiger partial charge in [0.15, 0.2) is 0 Å². The molecule has 2 N–H and O–H groups in total. The zero-order valence-corrected chi connectivity index (χ0v) is 14.5. The van der Waals surface area contributed by atoms with E-state index in [2.05, 4.69) is 15.7 Å². The number of amides is 2. The van der Waals surface area contributed by atoms with E-state index < -0.39 is 17.6 Å². The van der Waals surface area contributed by atoms with Crippen molar-refractivity contribution in [3.8, 4) is 5.69 Å². The second kappa shape index (κ2) is 7.59. The highest BCUT2D eigenvalue weighted by atomic mass is 19.4. The van der Waals surface area contributed by atoms with E-state index in [0.29, 0.717) is 5.69 Å². The fourth-order valence-corrected chi connectivity index (χ4v) is 2.34. The third-order valence-electron chi connectivity index (χ3n) is 3.53. The smallest absolute Gasteiger partial charge is 0.352 e. The zero-order valence-electron chi connectivity index (χ0n) is 14.5. The molecule has 0 saturated carbocycles. The number of benzene rings is 1. The van der Waals surface area contributed by atoms with E-state index >= 15 is 0 Å².